The molecule has 0 aliphatic heterocycles. The lowest BCUT2D eigenvalue weighted by Crippen LogP contribution is -2.35. The molecule has 0 saturated carbocycles. The summed E-state index contributed by atoms with van der Waals surface area (Å²) in [6, 6.07) is 8.03. The Morgan fingerprint density at radius 2 is 1.76 bits per heavy atom. The molecule has 0 radical (unpaired) electrons. The summed E-state index contributed by atoms with van der Waals surface area (Å²) in [7, 11) is 1.70. The first-order valence-electron chi connectivity index (χ1n) is 5.54. The number of H-pyrrole nitrogens is 1. The summed E-state index contributed by atoms with van der Waals surface area (Å²) in [5, 5.41) is 0. The maximum Gasteiger partial charge on any atom is 0.328 e. The third-order valence-electron chi connectivity index (χ3n) is 3.40. The highest BCUT2D eigenvalue weighted by molar-refractivity contribution is 5.41. The number of nitrogens with zero attached hydrogens (tertiary/aromatic N) is 1. The Morgan fingerprint density at radius 1 is 1.12 bits per heavy atom. The largest absolute Gasteiger partial charge is 0.328 e. The van der Waals surface area contributed by atoms with Gasteiger partial charge in [0.05, 0.1) is 0 Å². The number of hydrogen-bond acceptors (Lipinski definition) is 2. The first-order valence-corrected chi connectivity index (χ1v) is 5.54. The highest BCUT2D eigenvalue weighted by Gasteiger charge is 2.20. The van der Waals surface area contributed by atoms with Gasteiger partial charge >= 0.3 is 5.69 Å². The molecule has 1 heterocycles. The minimum atomic E-state index is -0.340. The maximum atomic E-state index is 11.8. The number of aromatic amines is 1. The first kappa shape index (κ1) is 10.1. The van der Waals surface area contributed by atoms with Crippen molar-refractivity contribution in [3.8, 4) is 0 Å². The van der Waals surface area contributed by atoms with Crippen LogP contribution in [-0.2, 0) is 19.9 Å². The lowest BCUT2D eigenvalue weighted by atomic mass is 9.89. The van der Waals surface area contributed by atoms with Crippen LogP contribution in [0.2, 0.25) is 0 Å². The zero-order chi connectivity index (χ0) is 12.0. The monoisotopic (exact) mass is 228 g/mol. The Labute approximate surface area is 97.5 Å². The fraction of sp³-hybridized carbons (Fsp3) is 0.231. The third kappa shape index (κ3) is 1.45. The molecule has 3 rings (SSSR count). The summed E-state index contributed by atoms with van der Waals surface area (Å²) in [6.07, 6.45) is 1.26. The lowest BCUT2D eigenvalue weighted by molar-refractivity contribution is 0.713. The van der Waals surface area contributed by atoms with Crippen LogP contribution in [0.1, 0.15) is 22.4 Å². The summed E-state index contributed by atoms with van der Waals surface area (Å²) in [5.41, 5.74) is 3.32. The molecule has 0 atom stereocenters. The smallest absolute Gasteiger partial charge is 0.300 e. The van der Waals surface area contributed by atoms with Crippen LogP contribution in [0.3, 0.4) is 0 Å². The van der Waals surface area contributed by atoms with Gasteiger partial charge in [0, 0.05) is 31.1 Å². The van der Waals surface area contributed by atoms with Gasteiger partial charge in [-0.25, -0.2) is 4.79 Å². The number of fused-ring (bicyclic) bond motifs is 2. The maximum absolute atomic E-state index is 11.8. The molecule has 1 aliphatic carbocycles. The molecular formula is C13H12N2O2. The summed E-state index contributed by atoms with van der Waals surface area (Å²) >= 11 is 0. The van der Waals surface area contributed by atoms with Crippen LogP contribution < -0.4 is 11.2 Å². The van der Waals surface area contributed by atoms with Gasteiger partial charge in [0.15, 0.2) is 0 Å². The Kier molecular flexibility index (Phi) is 2.04. The Morgan fingerprint density at radius 3 is 2.47 bits per heavy atom. The van der Waals surface area contributed by atoms with Crippen molar-refractivity contribution in [2.45, 2.75) is 12.8 Å². The lowest BCUT2D eigenvalue weighted by Gasteiger charge is -2.20. The fourth-order valence-corrected chi connectivity index (χ4v) is 2.39. The second-order valence-corrected chi connectivity index (χ2v) is 4.37. The zero-order valence-electron chi connectivity index (χ0n) is 9.49. The topological polar surface area (TPSA) is 54.9 Å². The van der Waals surface area contributed by atoms with Gasteiger partial charge < -0.3 is 4.57 Å². The standard InChI is InChI=1S/C13H12N2O2/c1-15-11-7-9-5-3-2-4-8(9)6-10(11)12(16)14-13(15)17/h2-5H,6-7H2,1H3,(H,14,16,17). The molecule has 0 saturated heterocycles. The molecule has 1 aliphatic rings. The Balaban J connectivity index is 2.28. The van der Waals surface area contributed by atoms with E-state index in [0.29, 0.717) is 18.4 Å². The molecule has 0 spiro atoms. The van der Waals surface area contributed by atoms with Crippen molar-refractivity contribution in [1.29, 1.82) is 0 Å². The minimum absolute atomic E-state index is 0.252. The zero-order valence-corrected chi connectivity index (χ0v) is 9.49. The van der Waals surface area contributed by atoms with Gasteiger partial charge in [-0.2, -0.15) is 0 Å². The van der Waals surface area contributed by atoms with E-state index in [1.807, 2.05) is 24.3 Å². The van der Waals surface area contributed by atoms with E-state index in [2.05, 4.69) is 4.98 Å². The number of benzene rings is 1. The molecule has 0 amide bonds. The van der Waals surface area contributed by atoms with Gasteiger partial charge in [-0.15, -0.1) is 0 Å². The van der Waals surface area contributed by atoms with Crippen molar-refractivity contribution in [3.05, 3.63) is 67.5 Å². The molecule has 1 aromatic heterocycles. The summed E-state index contributed by atoms with van der Waals surface area (Å²) < 4.78 is 1.53. The fourth-order valence-electron chi connectivity index (χ4n) is 2.39. The SMILES string of the molecule is Cn1c2c(c(=O)[nH]c1=O)Cc1ccccc1C2. The molecule has 4 nitrogen and oxygen atoms in total. The molecule has 0 unspecified atom stereocenters. The molecule has 86 valence electrons. The van der Waals surface area contributed by atoms with Crippen LogP contribution in [0.25, 0.3) is 0 Å². The normalized spacial score (nSPS) is 13.0. The first-order chi connectivity index (χ1) is 8.16. The van der Waals surface area contributed by atoms with Gasteiger partial charge in [-0.1, -0.05) is 24.3 Å². The van der Waals surface area contributed by atoms with Crippen LogP contribution in [0.15, 0.2) is 33.9 Å². The van der Waals surface area contributed by atoms with E-state index in [4.69, 9.17) is 0 Å². The van der Waals surface area contributed by atoms with Crippen molar-refractivity contribution in [1.82, 2.24) is 9.55 Å². The molecule has 17 heavy (non-hydrogen) atoms. The third-order valence-corrected chi connectivity index (χ3v) is 3.40. The molecule has 0 bridgehead atoms. The van der Waals surface area contributed by atoms with Crippen molar-refractivity contribution in [2.75, 3.05) is 0 Å². The summed E-state index contributed by atoms with van der Waals surface area (Å²) in [6.45, 7) is 0. The predicted octanol–water partition coefficient (Wildman–Crippen LogP) is 0.569. The summed E-state index contributed by atoms with van der Waals surface area (Å²) in [4.78, 5) is 25.7. The average Bonchev–Trinajstić information content (AvgIpc) is 2.34. The quantitative estimate of drug-likeness (QED) is 0.611. The van der Waals surface area contributed by atoms with E-state index in [9.17, 15) is 9.59 Å². The summed E-state index contributed by atoms with van der Waals surface area (Å²) in [5.74, 6) is 0. The van der Waals surface area contributed by atoms with Crippen LogP contribution in [-0.4, -0.2) is 9.55 Å². The molecular weight excluding hydrogens is 216 g/mol. The van der Waals surface area contributed by atoms with Crippen molar-refractivity contribution < 1.29 is 0 Å². The van der Waals surface area contributed by atoms with Crippen molar-refractivity contribution in [2.24, 2.45) is 7.05 Å². The van der Waals surface area contributed by atoms with Gasteiger partial charge in [0.1, 0.15) is 0 Å². The molecule has 2 aromatic rings. The number of hydrogen-bond donors (Lipinski definition) is 1. The number of aromatic nitrogens is 2. The molecule has 1 aromatic carbocycles. The van der Waals surface area contributed by atoms with Crippen LogP contribution in [0.4, 0.5) is 0 Å². The second kappa shape index (κ2) is 3.45. The minimum Gasteiger partial charge on any atom is -0.300 e. The Bertz CT molecular complexity index is 710. The van der Waals surface area contributed by atoms with Gasteiger partial charge in [0.25, 0.3) is 5.56 Å². The molecule has 0 fully saturated rings. The Hall–Kier alpha value is -2.10. The van der Waals surface area contributed by atoms with Crippen LogP contribution in [0.5, 0.6) is 0 Å². The van der Waals surface area contributed by atoms with Crippen LogP contribution in [0, 0.1) is 0 Å². The second-order valence-electron chi connectivity index (χ2n) is 4.37. The highest BCUT2D eigenvalue weighted by atomic mass is 16.2. The van der Waals surface area contributed by atoms with E-state index < -0.39 is 0 Å². The van der Waals surface area contributed by atoms with Crippen molar-refractivity contribution in [3.63, 3.8) is 0 Å². The van der Waals surface area contributed by atoms with E-state index in [0.717, 1.165) is 5.69 Å². The number of rotatable bonds is 0. The van der Waals surface area contributed by atoms with E-state index in [-0.39, 0.29) is 11.2 Å². The van der Waals surface area contributed by atoms with E-state index in [1.54, 1.807) is 7.05 Å². The van der Waals surface area contributed by atoms with Crippen LogP contribution >= 0.6 is 0 Å². The van der Waals surface area contributed by atoms with Crippen molar-refractivity contribution >= 4 is 0 Å². The number of nitrogens with one attached hydrogen (secondary N) is 1. The molecule has 1 N–H and O–H groups in total. The highest BCUT2D eigenvalue weighted by Crippen LogP contribution is 2.23. The molecule has 4 heteroatoms. The van der Waals surface area contributed by atoms with Gasteiger partial charge in [0.2, 0.25) is 0 Å². The van der Waals surface area contributed by atoms with E-state index >= 15 is 0 Å². The van der Waals surface area contributed by atoms with Gasteiger partial charge in [-0.05, 0) is 11.1 Å². The van der Waals surface area contributed by atoms with Gasteiger partial charge in [-0.3, -0.25) is 9.78 Å². The van der Waals surface area contributed by atoms with E-state index in [1.165, 1.54) is 15.7 Å². The average molecular weight is 228 g/mol. The predicted molar refractivity (Wildman–Crippen MR) is 64.4 cm³/mol.